The highest BCUT2D eigenvalue weighted by molar-refractivity contribution is 7.89. The standard InChI is InChI=1S/C21H19N3O4S/c1-4-18(25)17-8-7-16-20(29(27,28)23-17)12-24(3)21(16)19(26)10-14-6-5-13(2)15(9-14)11-22/h1,5-9,12,17-18,23,25H,10H2,2-3H3. The normalized spacial score (nSPS) is 18.2. The molecule has 0 saturated heterocycles. The number of ketones is 1. The van der Waals surface area contributed by atoms with Gasteiger partial charge >= 0.3 is 0 Å². The number of sulfonamides is 1. The van der Waals surface area contributed by atoms with E-state index in [9.17, 15) is 23.6 Å². The maximum atomic E-state index is 13.0. The molecule has 0 fully saturated rings. The Kier molecular flexibility index (Phi) is 5.45. The quantitative estimate of drug-likeness (QED) is 0.584. The van der Waals surface area contributed by atoms with Crippen molar-refractivity contribution < 1.29 is 18.3 Å². The zero-order valence-corrected chi connectivity index (χ0v) is 16.7. The number of fused-ring (bicyclic) bond motifs is 1. The molecule has 0 aliphatic carbocycles. The summed E-state index contributed by atoms with van der Waals surface area (Å²) in [5.74, 6) is 1.80. The number of nitriles is 1. The number of nitrogens with one attached hydrogen (secondary N) is 1. The van der Waals surface area contributed by atoms with Crippen LogP contribution in [0.1, 0.15) is 32.7 Å². The maximum Gasteiger partial charge on any atom is 0.243 e. The van der Waals surface area contributed by atoms with Gasteiger partial charge in [0.25, 0.3) is 0 Å². The van der Waals surface area contributed by atoms with Crippen molar-refractivity contribution in [3.8, 4) is 18.4 Å². The number of carbonyl (C=O) groups excluding carboxylic acids is 1. The SMILES string of the molecule is C#CC(O)C1C=Cc2c(cn(C)c2C(=O)Cc2ccc(C)c(C#N)c2)S(=O)(=O)N1. The number of aromatic nitrogens is 1. The van der Waals surface area contributed by atoms with Crippen LogP contribution in [-0.2, 0) is 23.5 Å². The molecular formula is C21H19N3O4S. The highest BCUT2D eigenvalue weighted by Crippen LogP contribution is 2.28. The second kappa shape index (κ2) is 7.69. The van der Waals surface area contributed by atoms with Crippen molar-refractivity contribution in [2.45, 2.75) is 30.4 Å². The van der Waals surface area contributed by atoms with Crippen molar-refractivity contribution in [1.29, 1.82) is 5.26 Å². The third-order valence-electron chi connectivity index (χ3n) is 4.80. The number of hydrogen-bond acceptors (Lipinski definition) is 5. The van der Waals surface area contributed by atoms with Crippen molar-refractivity contribution in [3.05, 3.63) is 58.4 Å². The van der Waals surface area contributed by atoms with E-state index in [0.29, 0.717) is 11.1 Å². The fourth-order valence-electron chi connectivity index (χ4n) is 3.26. The average Bonchev–Trinajstić information content (AvgIpc) is 2.96. The molecule has 1 aromatic carbocycles. The molecule has 0 radical (unpaired) electrons. The van der Waals surface area contributed by atoms with Crippen molar-refractivity contribution >= 4 is 21.9 Å². The van der Waals surface area contributed by atoms with E-state index in [4.69, 9.17) is 6.42 Å². The van der Waals surface area contributed by atoms with Gasteiger partial charge in [-0.05, 0) is 24.1 Å². The van der Waals surface area contributed by atoms with E-state index in [2.05, 4.69) is 16.7 Å². The van der Waals surface area contributed by atoms with Crippen molar-refractivity contribution in [2.75, 3.05) is 0 Å². The molecule has 8 heteroatoms. The van der Waals surface area contributed by atoms with Gasteiger partial charge in [-0.2, -0.15) is 5.26 Å². The van der Waals surface area contributed by atoms with E-state index < -0.39 is 22.2 Å². The Labute approximate surface area is 169 Å². The van der Waals surface area contributed by atoms with Crippen LogP contribution < -0.4 is 4.72 Å². The Hall–Kier alpha value is -3.17. The van der Waals surface area contributed by atoms with Crippen LogP contribution in [-0.4, -0.2) is 36.0 Å². The van der Waals surface area contributed by atoms with Gasteiger partial charge in [0.05, 0.1) is 23.4 Å². The van der Waals surface area contributed by atoms with Crippen LogP contribution in [0.25, 0.3) is 6.08 Å². The minimum Gasteiger partial charge on any atom is -0.378 e. The molecule has 1 aliphatic heterocycles. The molecule has 1 aliphatic rings. The Morgan fingerprint density at radius 3 is 2.83 bits per heavy atom. The zero-order valence-electron chi connectivity index (χ0n) is 15.9. The first-order valence-corrected chi connectivity index (χ1v) is 10.2. The summed E-state index contributed by atoms with van der Waals surface area (Å²) >= 11 is 0. The molecule has 3 rings (SSSR count). The van der Waals surface area contributed by atoms with Gasteiger partial charge in [-0.3, -0.25) is 4.79 Å². The van der Waals surface area contributed by atoms with Crippen LogP contribution in [0.4, 0.5) is 0 Å². The van der Waals surface area contributed by atoms with Crippen LogP contribution in [0.15, 0.2) is 35.4 Å². The van der Waals surface area contributed by atoms with E-state index >= 15 is 0 Å². The Morgan fingerprint density at radius 1 is 1.45 bits per heavy atom. The first-order valence-electron chi connectivity index (χ1n) is 8.75. The van der Waals surface area contributed by atoms with Crippen molar-refractivity contribution in [1.82, 2.24) is 9.29 Å². The van der Waals surface area contributed by atoms with Gasteiger partial charge < -0.3 is 9.67 Å². The lowest BCUT2D eigenvalue weighted by Gasteiger charge is -2.15. The van der Waals surface area contributed by atoms with Gasteiger partial charge in [0, 0.05) is 25.2 Å². The van der Waals surface area contributed by atoms with E-state index in [1.165, 1.54) is 22.9 Å². The maximum absolute atomic E-state index is 13.0. The van der Waals surface area contributed by atoms with Crippen LogP contribution in [0.2, 0.25) is 0 Å². The smallest absolute Gasteiger partial charge is 0.243 e. The fraction of sp³-hybridized carbons (Fsp3) is 0.238. The molecule has 148 valence electrons. The molecule has 0 saturated carbocycles. The van der Waals surface area contributed by atoms with Gasteiger partial charge in [-0.25, -0.2) is 13.1 Å². The molecule has 2 N–H and O–H groups in total. The number of benzene rings is 1. The van der Waals surface area contributed by atoms with Gasteiger partial charge in [0.2, 0.25) is 10.0 Å². The molecule has 2 aromatic rings. The summed E-state index contributed by atoms with van der Waals surface area (Å²) in [7, 11) is -2.40. The monoisotopic (exact) mass is 409 g/mol. The van der Waals surface area contributed by atoms with E-state index in [0.717, 1.165) is 5.56 Å². The number of Topliss-reactive ketones (excluding diaryl/α,β-unsaturated/α-hetero) is 1. The number of nitrogens with zero attached hydrogens (tertiary/aromatic N) is 2. The molecule has 2 atom stereocenters. The number of carbonyl (C=O) groups is 1. The van der Waals surface area contributed by atoms with Gasteiger partial charge in [0.1, 0.15) is 11.0 Å². The van der Waals surface area contributed by atoms with Crippen LogP contribution in [0.3, 0.4) is 0 Å². The second-order valence-corrected chi connectivity index (χ2v) is 8.53. The molecule has 1 aromatic heterocycles. The summed E-state index contributed by atoms with van der Waals surface area (Å²) < 4.78 is 29.2. The minimum absolute atomic E-state index is 0.0109. The lowest BCUT2D eigenvalue weighted by molar-refractivity contribution is 0.0985. The first kappa shape index (κ1) is 20.6. The Bertz CT molecular complexity index is 1210. The topological polar surface area (TPSA) is 112 Å². The van der Waals surface area contributed by atoms with Crippen molar-refractivity contribution in [2.24, 2.45) is 7.05 Å². The number of aliphatic hydroxyl groups excluding tert-OH is 1. The molecule has 0 amide bonds. The lowest BCUT2D eigenvalue weighted by atomic mass is 10.00. The first-order chi connectivity index (χ1) is 13.7. The highest BCUT2D eigenvalue weighted by Gasteiger charge is 2.32. The number of terminal acetylenes is 1. The van der Waals surface area contributed by atoms with Gasteiger partial charge in [0.15, 0.2) is 5.78 Å². The molecular weight excluding hydrogens is 390 g/mol. The van der Waals surface area contributed by atoms with E-state index in [-0.39, 0.29) is 28.4 Å². The van der Waals surface area contributed by atoms with E-state index in [1.807, 2.05) is 6.92 Å². The molecule has 0 bridgehead atoms. The van der Waals surface area contributed by atoms with Crippen LogP contribution in [0.5, 0.6) is 0 Å². The third kappa shape index (κ3) is 3.87. The third-order valence-corrected chi connectivity index (χ3v) is 6.28. The van der Waals surface area contributed by atoms with Crippen molar-refractivity contribution in [3.63, 3.8) is 0 Å². The predicted octanol–water partition coefficient (Wildman–Crippen LogP) is 1.30. The molecule has 2 heterocycles. The average molecular weight is 409 g/mol. The Balaban J connectivity index is 2.03. The number of aliphatic hydroxyl groups is 1. The van der Waals surface area contributed by atoms with Crippen LogP contribution >= 0.6 is 0 Å². The second-order valence-electron chi connectivity index (χ2n) is 6.85. The predicted molar refractivity (Wildman–Crippen MR) is 107 cm³/mol. The summed E-state index contributed by atoms with van der Waals surface area (Å²) in [4.78, 5) is 13.0. The van der Waals surface area contributed by atoms with Gasteiger partial charge in [-0.15, -0.1) is 6.42 Å². The summed E-state index contributed by atoms with van der Waals surface area (Å²) in [6, 6.07) is 6.28. The Morgan fingerprint density at radius 2 is 2.17 bits per heavy atom. The molecule has 0 spiro atoms. The summed E-state index contributed by atoms with van der Waals surface area (Å²) in [6.45, 7) is 1.81. The van der Waals surface area contributed by atoms with Crippen LogP contribution in [0, 0.1) is 30.6 Å². The largest absolute Gasteiger partial charge is 0.378 e. The summed E-state index contributed by atoms with van der Waals surface area (Å²) in [5, 5.41) is 19.0. The molecule has 7 nitrogen and oxygen atoms in total. The van der Waals surface area contributed by atoms with Gasteiger partial charge in [-0.1, -0.05) is 30.2 Å². The zero-order chi connectivity index (χ0) is 21.3. The molecule has 29 heavy (non-hydrogen) atoms. The number of aryl methyl sites for hydroxylation is 2. The highest BCUT2D eigenvalue weighted by atomic mass is 32.2. The summed E-state index contributed by atoms with van der Waals surface area (Å²) in [6.07, 6.45) is 8.15. The molecule has 2 unspecified atom stereocenters. The summed E-state index contributed by atoms with van der Waals surface area (Å²) in [5.41, 5.74) is 2.42. The fourth-order valence-corrected chi connectivity index (χ4v) is 4.71. The number of hydrogen-bond donors (Lipinski definition) is 2. The number of rotatable bonds is 4. The lowest BCUT2D eigenvalue weighted by Crippen LogP contribution is -2.40. The minimum atomic E-state index is -3.99. The van der Waals surface area contributed by atoms with E-state index in [1.54, 1.807) is 25.2 Å².